The zero-order valence-corrected chi connectivity index (χ0v) is 12.4. The number of hydrogen-bond donors (Lipinski definition) is 1. The van der Waals surface area contributed by atoms with Crippen molar-refractivity contribution >= 4 is 11.8 Å². The van der Waals surface area contributed by atoms with Crippen molar-refractivity contribution in [2.75, 3.05) is 39.2 Å². The van der Waals surface area contributed by atoms with Crippen molar-refractivity contribution in [2.24, 2.45) is 0 Å². The molecule has 0 aliphatic carbocycles. The monoisotopic (exact) mass is 281 g/mol. The van der Waals surface area contributed by atoms with Crippen molar-refractivity contribution < 1.29 is 9.47 Å². The van der Waals surface area contributed by atoms with Gasteiger partial charge in [-0.15, -0.1) is 11.8 Å². The van der Waals surface area contributed by atoms with Gasteiger partial charge in [0, 0.05) is 30.4 Å². The Kier molecular flexibility index (Phi) is 6.71. The number of fused-ring (bicyclic) bond motifs is 1. The van der Waals surface area contributed by atoms with E-state index in [1.54, 1.807) is 7.11 Å². The summed E-state index contributed by atoms with van der Waals surface area (Å²) in [5.41, 5.74) is 1.46. The van der Waals surface area contributed by atoms with Crippen molar-refractivity contribution in [1.82, 2.24) is 5.32 Å². The van der Waals surface area contributed by atoms with Crippen LogP contribution in [0.4, 0.5) is 0 Å². The number of unbranched alkanes of at least 4 members (excludes halogenated alkanes) is 1. The van der Waals surface area contributed by atoms with E-state index in [4.69, 9.17) is 9.47 Å². The maximum Gasteiger partial charge on any atom is 0.0700 e. The third-order valence-corrected chi connectivity index (χ3v) is 4.42. The molecule has 0 spiro atoms. The van der Waals surface area contributed by atoms with E-state index < -0.39 is 0 Å². The molecule has 1 unspecified atom stereocenters. The van der Waals surface area contributed by atoms with Crippen LogP contribution in [0.15, 0.2) is 29.2 Å². The fourth-order valence-corrected chi connectivity index (χ4v) is 3.38. The third kappa shape index (κ3) is 4.80. The summed E-state index contributed by atoms with van der Waals surface area (Å²) in [5, 5.41) is 3.64. The van der Waals surface area contributed by atoms with Gasteiger partial charge in [0.1, 0.15) is 0 Å². The van der Waals surface area contributed by atoms with Crippen molar-refractivity contribution in [3.8, 4) is 0 Å². The topological polar surface area (TPSA) is 30.5 Å². The smallest absolute Gasteiger partial charge is 0.0700 e. The molecule has 1 aliphatic heterocycles. The van der Waals surface area contributed by atoms with Gasteiger partial charge in [0.15, 0.2) is 0 Å². The highest BCUT2D eigenvalue weighted by Crippen LogP contribution is 2.37. The van der Waals surface area contributed by atoms with Crippen LogP contribution >= 0.6 is 11.8 Å². The van der Waals surface area contributed by atoms with Gasteiger partial charge in [-0.3, -0.25) is 0 Å². The lowest BCUT2D eigenvalue weighted by atomic mass is 10.1. The molecule has 0 amide bonds. The van der Waals surface area contributed by atoms with Gasteiger partial charge in [-0.05, 0) is 31.0 Å². The summed E-state index contributed by atoms with van der Waals surface area (Å²) in [6, 6.07) is 9.22. The molecule has 0 radical (unpaired) electrons. The highest BCUT2D eigenvalue weighted by Gasteiger charge is 2.21. The summed E-state index contributed by atoms with van der Waals surface area (Å²) in [6.45, 7) is 3.29. The van der Waals surface area contributed by atoms with E-state index in [1.807, 2.05) is 11.8 Å². The van der Waals surface area contributed by atoms with Gasteiger partial charge in [0.2, 0.25) is 0 Å². The van der Waals surface area contributed by atoms with Crippen molar-refractivity contribution in [3.63, 3.8) is 0 Å². The van der Waals surface area contributed by atoms with Crippen molar-refractivity contribution in [3.05, 3.63) is 29.8 Å². The number of ether oxygens (including phenoxy) is 2. The molecular weight excluding hydrogens is 258 g/mol. The quantitative estimate of drug-likeness (QED) is 0.705. The minimum Gasteiger partial charge on any atom is -0.382 e. The Morgan fingerprint density at radius 2 is 2.11 bits per heavy atom. The average molecular weight is 281 g/mol. The van der Waals surface area contributed by atoms with Crippen LogP contribution in [-0.2, 0) is 9.47 Å². The molecule has 1 aliphatic rings. The molecule has 1 atom stereocenters. The number of benzene rings is 1. The summed E-state index contributed by atoms with van der Waals surface area (Å²) >= 11 is 1.95. The second-order valence-electron chi connectivity index (χ2n) is 4.67. The van der Waals surface area contributed by atoms with Crippen LogP contribution in [0.5, 0.6) is 0 Å². The highest BCUT2D eigenvalue weighted by molar-refractivity contribution is 7.99. The summed E-state index contributed by atoms with van der Waals surface area (Å²) in [6.07, 6.45) is 2.27. The van der Waals surface area contributed by atoms with E-state index in [0.29, 0.717) is 19.3 Å². The molecule has 0 saturated carbocycles. The molecule has 19 heavy (non-hydrogen) atoms. The minimum absolute atomic E-state index is 0.524. The molecule has 1 aromatic rings. The van der Waals surface area contributed by atoms with E-state index in [2.05, 4.69) is 29.6 Å². The fraction of sp³-hybridized carbons (Fsp3) is 0.600. The Labute approximate surface area is 120 Å². The van der Waals surface area contributed by atoms with E-state index in [9.17, 15) is 0 Å². The van der Waals surface area contributed by atoms with Gasteiger partial charge >= 0.3 is 0 Å². The first-order valence-electron chi connectivity index (χ1n) is 6.93. The van der Waals surface area contributed by atoms with Gasteiger partial charge in [-0.1, -0.05) is 18.2 Å². The Bertz CT molecular complexity index is 373. The highest BCUT2D eigenvalue weighted by atomic mass is 32.2. The van der Waals surface area contributed by atoms with E-state index in [1.165, 1.54) is 10.5 Å². The Hall–Kier alpha value is -0.550. The summed E-state index contributed by atoms with van der Waals surface area (Å²) in [4.78, 5) is 1.43. The maximum absolute atomic E-state index is 5.45. The first-order chi connectivity index (χ1) is 9.42. The van der Waals surface area contributed by atoms with Gasteiger partial charge in [0.25, 0.3) is 0 Å². The van der Waals surface area contributed by atoms with Gasteiger partial charge in [0.05, 0.1) is 13.2 Å². The first kappa shape index (κ1) is 14.9. The summed E-state index contributed by atoms with van der Waals surface area (Å²) in [7, 11) is 1.70. The first-order valence-corrected chi connectivity index (χ1v) is 7.92. The van der Waals surface area contributed by atoms with Crippen LogP contribution < -0.4 is 5.32 Å². The summed E-state index contributed by atoms with van der Waals surface area (Å²) < 4.78 is 10.4. The predicted molar refractivity (Wildman–Crippen MR) is 79.8 cm³/mol. The second kappa shape index (κ2) is 8.59. The SMILES string of the molecule is COCCOCCCCNC1CSc2ccccc21. The third-order valence-electron chi connectivity index (χ3n) is 3.24. The normalized spacial score (nSPS) is 17.6. The van der Waals surface area contributed by atoms with Gasteiger partial charge < -0.3 is 14.8 Å². The zero-order chi connectivity index (χ0) is 13.3. The lowest BCUT2D eigenvalue weighted by Gasteiger charge is -2.13. The van der Waals surface area contributed by atoms with Crippen LogP contribution in [-0.4, -0.2) is 39.2 Å². The van der Waals surface area contributed by atoms with Crippen LogP contribution in [0.1, 0.15) is 24.4 Å². The molecule has 0 aromatic heterocycles. The molecule has 0 saturated heterocycles. The lowest BCUT2D eigenvalue weighted by Crippen LogP contribution is -2.22. The Morgan fingerprint density at radius 1 is 1.21 bits per heavy atom. The fourth-order valence-electron chi connectivity index (χ4n) is 2.18. The van der Waals surface area contributed by atoms with E-state index in [-0.39, 0.29) is 0 Å². The van der Waals surface area contributed by atoms with Crippen molar-refractivity contribution in [2.45, 2.75) is 23.8 Å². The summed E-state index contributed by atoms with van der Waals surface area (Å²) in [5.74, 6) is 1.16. The largest absolute Gasteiger partial charge is 0.382 e. The molecule has 106 valence electrons. The zero-order valence-electron chi connectivity index (χ0n) is 11.6. The molecule has 1 N–H and O–H groups in total. The molecule has 1 aromatic carbocycles. The molecule has 3 nitrogen and oxygen atoms in total. The second-order valence-corrected chi connectivity index (χ2v) is 5.73. The maximum atomic E-state index is 5.45. The predicted octanol–water partition coefficient (Wildman–Crippen LogP) is 2.87. The standard InChI is InChI=1S/C15H23NO2S/c1-17-10-11-18-9-5-4-8-16-14-12-19-15-7-3-2-6-13(14)15/h2-3,6-7,14,16H,4-5,8-12H2,1H3. The van der Waals surface area contributed by atoms with Crippen LogP contribution in [0, 0.1) is 0 Å². The van der Waals surface area contributed by atoms with Crippen LogP contribution in [0.25, 0.3) is 0 Å². The number of hydrogen-bond acceptors (Lipinski definition) is 4. The molecule has 0 bridgehead atoms. The Balaban J connectivity index is 1.55. The van der Waals surface area contributed by atoms with Crippen LogP contribution in [0.2, 0.25) is 0 Å². The molecular formula is C15H23NO2S. The van der Waals surface area contributed by atoms with E-state index in [0.717, 1.165) is 31.7 Å². The lowest BCUT2D eigenvalue weighted by molar-refractivity contribution is 0.0687. The molecule has 0 fully saturated rings. The minimum atomic E-state index is 0.524. The number of rotatable bonds is 9. The van der Waals surface area contributed by atoms with Gasteiger partial charge in [-0.25, -0.2) is 0 Å². The van der Waals surface area contributed by atoms with Crippen LogP contribution in [0.3, 0.4) is 0 Å². The molecule has 1 heterocycles. The van der Waals surface area contributed by atoms with E-state index >= 15 is 0 Å². The molecule has 4 heteroatoms. The number of nitrogens with one attached hydrogen (secondary N) is 1. The molecule has 2 rings (SSSR count). The number of thioether (sulfide) groups is 1. The average Bonchev–Trinajstić information content (AvgIpc) is 2.85. The number of methoxy groups -OCH3 is 1. The Morgan fingerprint density at radius 3 is 3.00 bits per heavy atom. The van der Waals surface area contributed by atoms with Gasteiger partial charge in [-0.2, -0.15) is 0 Å². The van der Waals surface area contributed by atoms with Crippen molar-refractivity contribution in [1.29, 1.82) is 0 Å².